The van der Waals surface area contributed by atoms with Gasteiger partial charge in [-0.1, -0.05) is 11.6 Å². The zero-order valence-electron chi connectivity index (χ0n) is 6.73. The summed E-state index contributed by atoms with van der Waals surface area (Å²) >= 11 is 8.06. The maximum Gasteiger partial charge on any atom is 0.166 e. The van der Waals surface area contributed by atoms with Crippen LogP contribution in [0.5, 0.6) is 0 Å². The molecule has 0 fully saturated rings. The van der Waals surface area contributed by atoms with Crippen molar-refractivity contribution in [3.05, 3.63) is 26.3 Å². The number of rotatable bonds is 0. The number of halogens is 2. The zero-order valence-corrected chi connectivity index (χ0v) is 9.65. The molecule has 68 valence electrons. The summed E-state index contributed by atoms with van der Waals surface area (Å²) in [6.07, 6.45) is 0.574. The van der Waals surface area contributed by atoms with Crippen molar-refractivity contribution in [2.24, 2.45) is 0 Å². The minimum absolute atomic E-state index is 0.198. The molecule has 0 amide bonds. The molecule has 1 aliphatic rings. The molecule has 0 atom stereocenters. The number of ketones is 1. The van der Waals surface area contributed by atoms with Gasteiger partial charge in [0, 0.05) is 27.8 Å². The van der Waals surface area contributed by atoms with Crippen molar-refractivity contribution in [3.63, 3.8) is 0 Å². The van der Waals surface area contributed by atoms with Crippen LogP contribution in [0.1, 0.15) is 16.8 Å². The molecular formula is C9H7ClINO. The van der Waals surface area contributed by atoms with Crippen LogP contribution in [-0.2, 0) is 0 Å². The van der Waals surface area contributed by atoms with E-state index in [4.69, 9.17) is 11.6 Å². The smallest absolute Gasteiger partial charge is 0.166 e. The molecule has 13 heavy (non-hydrogen) atoms. The first-order chi connectivity index (χ1) is 6.18. The van der Waals surface area contributed by atoms with Gasteiger partial charge < -0.3 is 5.32 Å². The zero-order chi connectivity index (χ0) is 9.42. The fourth-order valence-corrected chi connectivity index (χ4v) is 2.00. The minimum Gasteiger partial charge on any atom is -0.384 e. The molecule has 2 rings (SSSR count). The maximum atomic E-state index is 11.5. The summed E-state index contributed by atoms with van der Waals surface area (Å²) in [6, 6.07) is 3.66. The molecule has 0 radical (unpaired) electrons. The van der Waals surface area contributed by atoms with E-state index in [0.717, 1.165) is 14.8 Å². The second-order valence-electron chi connectivity index (χ2n) is 2.91. The van der Waals surface area contributed by atoms with Gasteiger partial charge in [0.25, 0.3) is 0 Å². The Balaban J connectivity index is 2.58. The summed E-state index contributed by atoms with van der Waals surface area (Å²) in [7, 11) is 0. The second-order valence-corrected chi connectivity index (χ2v) is 4.48. The highest BCUT2D eigenvalue weighted by molar-refractivity contribution is 14.1. The molecule has 0 saturated carbocycles. The molecule has 1 aromatic carbocycles. The fraction of sp³-hybridized carbons (Fsp3) is 0.222. The average molecular weight is 308 g/mol. The van der Waals surface area contributed by atoms with E-state index < -0.39 is 0 Å². The van der Waals surface area contributed by atoms with Gasteiger partial charge in [-0.25, -0.2) is 0 Å². The molecule has 1 heterocycles. The monoisotopic (exact) mass is 307 g/mol. The van der Waals surface area contributed by atoms with Gasteiger partial charge in [0.05, 0.1) is 5.02 Å². The van der Waals surface area contributed by atoms with Crippen LogP contribution in [-0.4, -0.2) is 12.3 Å². The summed E-state index contributed by atoms with van der Waals surface area (Å²) < 4.78 is 0.926. The van der Waals surface area contributed by atoms with Gasteiger partial charge in [-0.3, -0.25) is 4.79 Å². The van der Waals surface area contributed by atoms with Crippen LogP contribution in [0.4, 0.5) is 5.69 Å². The van der Waals surface area contributed by atoms with Crippen molar-refractivity contribution in [2.45, 2.75) is 6.42 Å². The molecule has 0 unspecified atom stereocenters. The van der Waals surface area contributed by atoms with Crippen LogP contribution < -0.4 is 5.32 Å². The maximum absolute atomic E-state index is 11.5. The van der Waals surface area contributed by atoms with Crippen molar-refractivity contribution in [3.8, 4) is 0 Å². The van der Waals surface area contributed by atoms with E-state index in [1.807, 2.05) is 12.1 Å². The van der Waals surface area contributed by atoms with Gasteiger partial charge >= 0.3 is 0 Å². The average Bonchev–Trinajstić information content (AvgIpc) is 2.09. The SMILES string of the molecule is O=C1CCNc2cc(Cl)c(I)cc21. The van der Waals surface area contributed by atoms with Gasteiger partial charge in [-0.05, 0) is 34.7 Å². The van der Waals surface area contributed by atoms with Crippen molar-refractivity contribution in [1.29, 1.82) is 0 Å². The van der Waals surface area contributed by atoms with Crippen LogP contribution >= 0.6 is 34.2 Å². The van der Waals surface area contributed by atoms with Crippen molar-refractivity contribution in [2.75, 3.05) is 11.9 Å². The van der Waals surface area contributed by atoms with Crippen molar-refractivity contribution in [1.82, 2.24) is 0 Å². The lowest BCUT2D eigenvalue weighted by Gasteiger charge is -2.17. The predicted octanol–water partition coefficient (Wildman–Crippen LogP) is 2.94. The summed E-state index contributed by atoms with van der Waals surface area (Å²) in [4.78, 5) is 11.5. The van der Waals surface area contributed by atoms with Crippen molar-refractivity contribution < 1.29 is 4.79 Å². The Kier molecular flexibility index (Phi) is 2.47. The highest BCUT2D eigenvalue weighted by atomic mass is 127. The molecule has 0 spiro atoms. The van der Waals surface area contributed by atoms with Gasteiger partial charge in [0.1, 0.15) is 0 Å². The van der Waals surface area contributed by atoms with Crippen LogP contribution in [0.25, 0.3) is 0 Å². The first-order valence-electron chi connectivity index (χ1n) is 3.94. The molecule has 1 aliphatic heterocycles. The van der Waals surface area contributed by atoms with Crippen molar-refractivity contribution >= 4 is 45.7 Å². The standard InChI is InChI=1S/C9H7ClINO/c10-6-4-8-5(3-7(6)11)9(13)1-2-12-8/h3-4,12H,1-2H2. The number of hydrogen-bond acceptors (Lipinski definition) is 2. The minimum atomic E-state index is 0.198. The number of carbonyl (C=O) groups excluding carboxylic acids is 1. The molecule has 0 saturated heterocycles. The van der Waals surface area contributed by atoms with E-state index in [0.29, 0.717) is 18.0 Å². The number of carbonyl (C=O) groups is 1. The number of anilines is 1. The fourth-order valence-electron chi connectivity index (χ4n) is 1.37. The third-order valence-electron chi connectivity index (χ3n) is 2.03. The third kappa shape index (κ3) is 1.67. The van der Waals surface area contributed by atoms with Gasteiger partial charge in [0.15, 0.2) is 5.78 Å². The molecule has 0 bridgehead atoms. The van der Waals surface area contributed by atoms with E-state index in [2.05, 4.69) is 27.9 Å². The van der Waals surface area contributed by atoms with Crippen LogP contribution in [0, 0.1) is 3.57 Å². The van der Waals surface area contributed by atoms with E-state index in [-0.39, 0.29) is 5.78 Å². The number of hydrogen-bond donors (Lipinski definition) is 1. The Labute approximate surface area is 94.8 Å². The second kappa shape index (κ2) is 3.46. The Bertz CT molecular complexity index is 378. The van der Waals surface area contributed by atoms with E-state index in [1.54, 1.807) is 0 Å². The predicted molar refractivity (Wildman–Crippen MR) is 61.6 cm³/mol. The lowest BCUT2D eigenvalue weighted by atomic mass is 10.0. The lowest BCUT2D eigenvalue weighted by molar-refractivity contribution is 0.0983. The molecule has 2 nitrogen and oxygen atoms in total. The number of fused-ring (bicyclic) bond motifs is 1. The van der Waals surface area contributed by atoms with Crippen LogP contribution in [0.2, 0.25) is 5.02 Å². The summed E-state index contributed by atoms with van der Waals surface area (Å²) in [5.41, 5.74) is 1.63. The molecule has 0 aliphatic carbocycles. The number of Topliss-reactive ketones (excluding diaryl/α,β-unsaturated/α-hetero) is 1. The van der Waals surface area contributed by atoms with E-state index in [9.17, 15) is 4.79 Å². The highest BCUT2D eigenvalue weighted by Crippen LogP contribution is 2.29. The topological polar surface area (TPSA) is 29.1 Å². The normalized spacial score (nSPS) is 15.1. The van der Waals surface area contributed by atoms with E-state index >= 15 is 0 Å². The van der Waals surface area contributed by atoms with Gasteiger partial charge in [-0.2, -0.15) is 0 Å². The third-order valence-corrected chi connectivity index (χ3v) is 3.55. The number of nitrogens with one attached hydrogen (secondary N) is 1. The Hall–Kier alpha value is -0.290. The highest BCUT2D eigenvalue weighted by Gasteiger charge is 2.17. The quantitative estimate of drug-likeness (QED) is 0.747. The van der Waals surface area contributed by atoms with E-state index in [1.165, 1.54) is 0 Å². The Morgan fingerprint density at radius 2 is 2.23 bits per heavy atom. The number of benzene rings is 1. The van der Waals surface area contributed by atoms with Crippen LogP contribution in [0.3, 0.4) is 0 Å². The molecule has 0 aromatic heterocycles. The molecule has 1 aromatic rings. The Morgan fingerprint density at radius 1 is 1.46 bits per heavy atom. The first-order valence-corrected chi connectivity index (χ1v) is 5.40. The summed E-state index contributed by atoms with van der Waals surface area (Å²) in [5.74, 6) is 0.198. The Morgan fingerprint density at radius 3 is 3.00 bits per heavy atom. The molecule has 4 heteroatoms. The lowest BCUT2D eigenvalue weighted by Crippen LogP contribution is -2.17. The molecular weight excluding hydrogens is 300 g/mol. The van der Waals surface area contributed by atoms with Gasteiger partial charge in [-0.15, -0.1) is 0 Å². The van der Waals surface area contributed by atoms with Gasteiger partial charge in [0.2, 0.25) is 0 Å². The summed E-state index contributed by atoms with van der Waals surface area (Å²) in [6.45, 7) is 0.711. The summed E-state index contributed by atoms with van der Waals surface area (Å²) in [5, 5.41) is 3.85. The first kappa shape index (κ1) is 9.27. The van der Waals surface area contributed by atoms with Crippen LogP contribution in [0.15, 0.2) is 12.1 Å². The largest absolute Gasteiger partial charge is 0.384 e. The molecule has 1 N–H and O–H groups in total.